The van der Waals surface area contributed by atoms with Gasteiger partial charge in [0.15, 0.2) is 0 Å². The third-order valence-electron chi connectivity index (χ3n) is 15.5. The Hall–Kier alpha value is -1.91. The fraction of sp³-hybridized carbons (Fsp3) is 0.118. The van der Waals surface area contributed by atoms with Gasteiger partial charge in [0.25, 0.3) is 20.0 Å². The predicted molar refractivity (Wildman–Crippen MR) is 378 cm³/mol. The molecule has 4 heterocycles. The van der Waals surface area contributed by atoms with Crippen LogP contribution in [0.15, 0.2) is 240 Å². The topological polar surface area (TPSA) is 223 Å². The van der Waals surface area contributed by atoms with Crippen LogP contribution in [0.5, 0.6) is 0 Å². The molecule has 0 spiro atoms. The summed E-state index contributed by atoms with van der Waals surface area (Å²) in [6.07, 6.45) is 4.80. The Morgan fingerprint density at radius 3 is 1.20 bits per heavy atom. The van der Waals surface area contributed by atoms with Gasteiger partial charge in [-0.2, -0.15) is 0 Å². The number of H-pyrrole nitrogens is 1. The van der Waals surface area contributed by atoms with E-state index in [-0.39, 0.29) is 68.4 Å². The van der Waals surface area contributed by atoms with Crippen LogP contribution in [0.25, 0.3) is 92.9 Å². The largest absolute Gasteiger partial charge is 0.355 e. The molecule has 15 rings (SSSR count). The van der Waals surface area contributed by atoms with Crippen LogP contribution >= 0.6 is 51.2 Å². The molecule has 91 heavy (non-hydrogen) atoms. The van der Waals surface area contributed by atoms with Gasteiger partial charge in [-0.1, -0.05) is 157 Å². The van der Waals surface area contributed by atoms with Crippen molar-refractivity contribution in [2.45, 2.75) is 61.4 Å². The molecule has 4 aromatic heterocycles. The zero-order valence-corrected chi connectivity index (χ0v) is 67.7. The molecule has 14 nitrogen and oxygen atoms in total. The predicted octanol–water partition coefficient (Wildman–Crippen LogP) is 11.3. The van der Waals surface area contributed by atoms with Crippen LogP contribution in [-0.4, -0.2) is 110 Å². The summed E-state index contributed by atoms with van der Waals surface area (Å²) in [6, 6.07) is 75.3. The minimum atomic E-state index is -3.79. The van der Waals surface area contributed by atoms with Gasteiger partial charge in [0.1, 0.15) is 0 Å². The molecular weight excluding hydrogens is 1560 g/mol. The van der Waals surface area contributed by atoms with Crippen molar-refractivity contribution in [1.82, 2.24) is 17.5 Å². The number of nitrogens with one attached hydrogen (secondary N) is 1. The van der Waals surface area contributed by atoms with Crippen molar-refractivity contribution < 1.29 is 100 Å². The molecule has 0 aliphatic heterocycles. The average Bonchev–Trinajstić information content (AvgIpc) is 1.60. The van der Waals surface area contributed by atoms with Crippen molar-refractivity contribution in [3.8, 4) is 5.69 Å². The van der Waals surface area contributed by atoms with Crippen LogP contribution in [0, 0.1) is 17.4 Å². The number of hydrogen-bond acceptors (Lipinski definition) is 10. The maximum atomic E-state index is 13.9. The minimum Gasteiger partial charge on any atom is -0.355 e. The van der Waals surface area contributed by atoms with Crippen LogP contribution < -0.4 is 73.0 Å². The summed E-state index contributed by atoms with van der Waals surface area (Å²) >= 11 is 10.6. The zero-order valence-electron chi connectivity index (χ0n) is 50.5. The summed E-state index contributed by atoms with van der Waals surface area (Å²) in [5, 5.41) is 17.2. The minimum absolute atomic E-state index is 0. The van der Waals surface area contributed by atoms with Crippen LogP contribution in [0.2, 0.25) is 0 Å². The van der Waals surface area contributed by atoms with Gasteiger partial charge in [-0.3, -0.25) is 0 Å². The molecular formula is C68H59CuI2K3N6O8PS2. The van der Waals surface area contributed by atoms with Crippen molar-refractivity contribution in [3.05, 3.63) is 245 Å². The molecule has 0 radical (unpaired) electrons. The van der Waals surface area contributed by atoms with Gasteiger partial charge in [-0.05, 0) is 151 Å². The first-order valence-electron chi connectivity index (χ1n) is 28.9. The van der Waals surface area contributed by atoms with Crippen molar-refractivity contribution in [2.24, 2.45) is 11.5 Å². The monoisotopic (exact) mass is 1620 g/mol. The first-order valence-corrected chi connectivity index (χ1v) is 53.0. The Morgan fingerprint density at radius 1 is 0.495 bits per heavy atom. The number of rotatable bonds is 6. The Labute approximate surface area is 651 Å². The Bertz CT molecular complexity index is 4960. The van der Waals surface area contributed by atoms with E-state index in [1.807, 2.05) is 117 Å². The molecule has 0 amide bonds. The van der Waals surface area contributed by atoms with E-state index in [2.05, 4.69) is 153 Å². The number of halogens is 2. The summed E-state index contributed by atoms with van der Waals surface area (Å²) in [5.74, 6) is 0. The summed E-state index contributed by atoms with van der Waals surface area (Å²) in [5.41, 5.74) is 21.8. The molecule has 10 aromatic carbocycles. The number of benzene rings is 10. The number of aromatic nitrogens is 4. The van der Waals surface area contributed by atoms with Gasteiger partial charge in [-0.25, -0.2) is 29.5 Å². The number of para-hydroxylation sites is 6. The van der Waals surface area contributed by atoms with Crippen LogP contribution in [0.1, 0.15) is 36.8 Å². The zero-order chi connectivity index (χ0) is 64.3. The molecule has 1 aliphatic rings. The first kappa shape index (κ1) is 74.9. The fourth-order valence-electron chi connectivity index (χ4n) is 11.3. The molecule has 1 fully saturated rings. The number of nitrogens with zero attached hydrogens (tertiary/aromatic N) is 3. The van der Waals surface area contributed by atoms with Gasteiger partial charge < -0.3 is 31.2 Å². The summed E-state index contributed by atoms with van der Waals surface area (Å²) in [7, 11) is -10.6. The molecule has 0 saturated heterocycles. The van der Waals surface area contributed by atoms with E-state index in [0.717, 1.165) is 65.8 Å². The van der Waals surface area contributed by atoms with Crippen molar-refractivity contribution in [2.75, 3.05) is 0 Å². The van der Waals surface area contributed by atoms with Crippen LogP contribution in [-0.2, 0) is 42.0 Å². The molecule has 1 unspecified atom stereocenters. The fourth-order valence-corrected chi connectivity index (χ4v) is 14.9. The summed E-state index contributed by atoms with van der Waals surface area (Å²) in [4.78, 5) is 12.8. The number of aryl methyl sites for hydroxylation is 2. The van der Waals surface area contributed by atoms with Gasteiger partial charge in [-0.15, -0.1) is 0 Å². The van der Waals surface area contributed by atoms with E-state index in [1.165, 1.54) is 117 Å². The van der Waals surface area contributed by atoms with Gasteiger partial charge in [0, 0.05) is 75.5 Å². The van der Waals surface area contributed by atoms with Crippen molar-refractivity contribution in [3.63, 3.8) is 0 Å². The average molecular weight is 1620 g/mol. The van der Waals surface area contributed by atoms with E-state index in [1.54, 1.807) is 44.6 Å². The van der Waals surface area contributed by atoms with Crippen molar-refractivity contribution >= 4 is 222 Å². The standard InChI is InChI=1S/C31H22N2O2S.C19H14INO2S.C12H9N.C6H14N2.Cu.HI.3K.HO4P/c1-21-14-17-23(18-15-21)36(34,35)33-30-13-7-4-10-26(30)27-20-22(16-19-31(27)33)32-28-11-5-2-8-24(28)25-9-3-6-12-29(25)32;1-13-6-9-15(10-7-13)24(22,23)21-18-5-3-2-4-16(18)17-12-14(20)8-11-19(17)21;1-3-7-11-9(5-1)10-6-2-4-8-12(10)13-11;7-5-3-1-2-4-6(5)8;;;;;;1-4-5(2)3/h2-20H,1H3;2-12H,1H3;1-8,13H;5-6H,1-4,7-8H2;;1H;;;;1H/q;;;;+1;;;;+1;/p-2/t;;;5-,6+;;;;;;. The smallest absolute Gasteiger partial charge is 0.0464 e. The maximum Gasteiger partial charge on any atom is 0.0464 e. The Kier molecular flexibility index (Phi) is 28.8. The van der Waals surface area contributed by atoms with Crippen LogP contribution in [0.4, 0.5) is 0 Å². The quantitative estimate of drug-likeness (QED) is 0.0469. The molecule has 3 atom stereocenters. The molecule has 1 saturated carbocycles. The van der Waals surface area contributed by atoms with Gasteiger partial charge in [0.05, 0.1) is 42.9 Å². The molecule has 0 bridgehead atoms. The third kappa shape index (κ3) is 17.2. The van der Waals surface area contributed by atoms with E-state index in [0.29, 0.717) is 27.0 Å². The molecule has 1 aliphatic carbocycles. The SMILES string of the molecule is Cc1ccc(S(=O)(=O)n2c3ccccc3c3cc(-n4c5ccccc5c5ccccc54)ccc32)cc1.Cc1ccc(S(=O)(=O)n2c3ccccc3c3cc(I)ccc32)cc1.N[C@@H]1CCCC[C@@H]1N.O=[P+]([O-])O[O-].[Cu][I].[K+].[K][K].c1ccc2c(c1)[nH]c1ccccc12. The molecule has 14 aromatic rings. The summed E-state index contributed by atoms with van der Waals surface area (Å²) in [6.45, 7) is 3.89. The second-order valence-corrected chi connectivity index (χ2v) is 26.5. The van der Waals surface area contributed by atoms with Gasteiger partial charge in [0.2, 0.25) is 0 Å². The number of fused-ring (bicyclic) bond motifs is 12. The second kappa shape index (κ2) is 35.0. The van der Waals surface area contributed by atoms with Crippen molar-refractivity contribution in [1.29, 1.82) is 0 Å². The van der Waals surface area contributed by atoms with E-state index < -0.39 is 28.3 Å². The number of aromatic amines is 1. The summed E-state index contributed by atoms with van der Waals surface area (Å²) < 4.78 is 71.9. The van der Waals surface area contributed by atoms with E-state index in [4.69, 9.17) is 26.2 Å². The van der Waals surface area contributed by atoms with E-state index in [9.17, 15) is 16.8 Å². The second-order valence-electron chi connectivity index (χ2n) is 21.1. The Balaban J connectivity index is 0.000000166. The third-order valence-corrected chi connectivity index (χ3v) is 19.8. The van der Waals surface area contributed by atoms with Gasteiger partial charge >= 0.3 is 156 Å². The molecule has 454 valence electrons. The molecule has 5 N–H and O–H groups in total. The molecule has 23 heteroatoms. The number of hydrogen-bond donors (Lipinski definition) is 3. The Morgan fingerprint density at radius 2 is 0.813 bits per heavy atom. The normalized spacial score (nSPS) is 13.9. The van der Waals surface area contributed by atoms with Crippen LogP contribution in [0.3, 0.4) is 0 Å². The maximum absolute atomic E-state index is 13.9. The first-order chi connectivity index (χ1) is 43.5. The number of nitrogens with two attached hydrogens (primary N) is 2. The van der Waals surface area contributed by atoms with E-state index >= 15 is 0 Å².